The second kappa shape index (κ2) is 8.97. The highest BCUT2D eigenvalue weighted by Crippen LogP contribution is 2.34. The molecule has 2 amide bonds. The minimum Gasteiger partial charge on any atom is -0.465 e. The highest BCUT2D eigenvalue weighted by atomic mass is 32.1. The number of carbonyl (C=O) groups is 2. The first-order valence-corrected chi connectivity index (χ1v) is 11.2. The first-order valence-electron chi connectivity index (χ1n) is 10.3. The lowest BCUT2D eigenvalue weighted by Gasteiger charge is -2.42. The van der Waals surface area contributed by atoms with Crippen molar-refractivity contribution < 1.29 is 14.7 Å². The van der Waals surface area contributed by atoms with Gasteiger partial charge in [0.15, 0.2) is 5.13 Å². The predicted molar refractivity (Wildman–Crippen MR) is 115 cm³/mol. The molecule has 0 radical (unpaired) electrons. The SMILES string of the molecule is CN1CCC(N2CCN(C(=O)Cc3nc(NC(=O)O)sc3C(C)(C)C)CC2)CC1. The maximum atomic E-state index is 12.9. The molecular formula is C20H33N5O3S. The molecule has 0 unspecified atom stereocenters. The van der Waals surface area contributed by atoms with Crippen molar-refractivity contribution in [1.29, 1.82) is 0 Å². The fourth-order valence-electron chi connectivity index (χ4n) is 4.15. The number of nitrogens with zero attached hydrogens (tertiary/aromatic N) is 4. The average Bonchev–Trinajstić information content (AvgIpc) is 3.04. The van der Waals surface area contributed by atoms with Gasteiger partial charge in [0.2, 0.25) is 5.91 Å². The molecule has 2 N–H and O–H groups in total. The number of likely N-dealkylation sites (tertiary alicyclic amines) is 1. The lowest BCUT2D eigenvalue weighted by atomic mass is 9.92. The van der Waals surface area contributed by atoms with Gasteiger partial charge in [-0.25, -0.2) is 9.78 Å². The number of hydrogen-bond acceptors (Lipinski definition) is 6. The smallest absolute Gasteiger partial charge is 0.410 e. The van der Waals surface area contributed by atoms with E-state index < -0.39 is 6.09 Å². The number of thiazole rings is 1. The van der Waals surface area contributed by atoms with Crippen LogP contribution in [0.15, 0.2) is 0 Å². The van der Waals surface area contributed by atoms with E-state index in [1.165, 1.54) is 24.2 Å². The van der Waals surface area contributed by atoms with Crippen LogP contribution in [0, 0.1) is 0 Å². The molecule has 0 bridgehead atoms. The fraction of sp³-hybridized carbons (Fsp3) is 0.750. The van der Waals surface area contributed by atoms with Gasteiger partial charge >= 0.3 is 6.09 Å². The highest BCUT2D eigenvalue weighted by Gasteiger charge is 2.30. The topological polar surface area (TPSA) is 89.0 Å². The molecule has 2 aliphatic rings. The molecule has 0 aromatic carbocycles. The number of nitrogens with one attached hydrogen (secondary N) is 1. The van der Waals surface area contributed by atoms with Crippen LogP contribution in [0.25, 0.3) is 0 Å². The van der Waals surface area contributed by atoms with Crippen molar-refractivity contribution in [3.8, 4) is 0 Å². The first kappa shape index (κ1) is 22.0. The second-order valence-corrected chi connectivity index (χ2v) is 10.1. The van der Waals surface area contributed by atoms with Gasteiger partial charge in [0, 0.05) is 37.1 Å². The van der Waals surface area contributed by atoms with Gasteiger partial charge in [-0.15, -0.1) is 11.3 Å². The van der Waals surface area contributed by atoms with E-state index in [2.05, 4.69) is 47.9 Å². The number of carbonyl (C=O) groups excluding carboxylic acids is 1. The van der Waals surface area contributed by atoms with Gasteiger partial charge < -0.3 is 14.9 Å². The van der Waals surface area contributed by atoms with Crippen LogP contribution in [-0.4, -0.2) is 89.1 Å². The van der Waals surface area contributed by atoms with E-state index in [4.69, 9.17) is 5.11 Å². The van der Waals surface area contributed by atoms with Gasteiger partial charge in [0.1, 0.15) is 0 Å². The third kappa shape index (κ3) is 5.67. The number of piperazine rings is 1. The Morgan fingerprint density at radius 1 is 1.14 bits per heavy atom. The minimum absolute atomic E-state index is 0.0747. The third-order valence-corrected chi connectivity index (χ3v) is 7.22. The van der Waals surface area contributed by atoms with E-state index in [1.807, 2.05) is 4.90 Å². The molecule has 0 spiro atoms. The van der Waals surface area contributed by atoms with Gasteiger partial charge in [-0.2, -0.15) is 0 Å². The quantitative estimate of drug-likeness (QED) is 0.773. The number of piperidine rings is 1. The summed E-state index contributed by atoms with van der Waals surface area (Å²) >= 11 is 1.32. The van der Waals surface area contributed by atoms with Gasteiger partial charge in [-0.1, -0.05) is 20.8 Å². The lowest BCUT2D eigenvalue weighted by Crippen LogP contribution is -2.54. The fourth-order valence-corrected chi connectivity index (χ4v) is 5.18. The van der Waals surface area contributed by atoms with Crippen LogP contribution in [0.3, 0.4) is 0 Å². The van der Waals surface area contributed by atoms with Crippen LogP contribution >= 0.6 is 11.3 Å². The number of aromatic nitrogens is 1. The Morgan fingerprint density at radius 2 is 1.76 bits per heavy atom. The number of amides is 2. The Labute approximate surface area is 176 Å². The van der Waals surface area contributed by atoms with Gasteiger partial charge in [-0.05, 0) is 38.4 Å². The maximum Gasteiger partial charge on any atom is 0.410 e. The molecule has 29 heavy (non-hydrogen) atoms. The summed E-state index contributed by atoms with van der Waals surface area (Å²) in [6.45, 7) is 11.8. The van der Waals surface area contributed by atoms with Crippen LogP contribution in [0.5, 0.6) is 0 Å². The highest BCUT2D eigenvalue weighted by molar-refractivity contribution is 7.16. The van der Waals surface area contributed by atoms with Gasteiger partial charge in [0.25, 0.3) is 0 Å². The largest absolute Gasteiger partial charge is 0.465 e. The zero-order valence-corrected chi connectivity index (χ0v) is 18.7. The standard InChI is InChI=1S/C20H33N5O3S/c1-20(2,3)17-15(21-18(29-17)22-19(27)28)13-16(26)25-11-9-24(10-12-25)14-5-7-23(4)8-6-14/h14H,5-13H2,1-4H3,(H,21,22)(H,27,28). The molecule has 1 aromatic heterocycles. The molecule has 2 fully saturated rings. The molecule has 0 saturated carbocycles. The van der Waals surface area contributed by atoms with E-state index in [0.29, 0.717) is 16.9 Å². The van der Waals surface area contributed by atoms with E-state index in [9.17, 15) is 9.59 Å². The van der Waals surface area contributed by atoms with Crippen molar-refractivity contribution in [2.75, 3.05) is 51.6 Å². The van der Waals surface area contributed by atoms with Crippen LogP contribution in [0.1, 0.15) is 44.2 Å². The average molecular weight is 424 g/mol. The summed E-state index contributed by atoms with van der Waals surface area (Å²) in [5.41, 5.74) is 0.493. The van der Waals surface area contributed by atoms with Crippen LogP contribution < -0.4 is 5.32 Å². The first-order chi connectivity index (χ1) is 13.6. The monoisotopic (exact) mass is 423 g/mol. The summed E-state index contributed by atoms with van der Waals surface area (Å²) in [4.78, 5) is 36.1. The zero-order chi connectivity index (χ0) is 21.2. The van der Waals surface area contributed by atoms with E-state index >= 15 is 0 Å². The molecular weight excluding hydrogens is 390 g/mol. The Balaban J connectivity index is 1.59. The minimum atomic E-state index is -1.14. The summed E-state index contributed by atoms with van der Waals surface area (Å²) < 4.78 is 0. The van der Waals surface area contributed by atoms with Crippen LogP contribution in [0.4, 0.5) is 9.93 Å². The van der Waals surface area contributed by atoms with Crippen LogP contribution in [-0.2, 0) is 16.6 Å². The summed E-state index contributed by atoms with van der Waals surface area (Å²) in [6.07, 6.45) is 1.50. The molecule has 3 rings (SSSR count). The Hall–Kier alpha value is -1.71. The summed E-state index contributed by atoms with van der Waals surface area (Å²) in [5, 5.41) is 11.6. The third-order valence-electron chi connectivity index (χ3n) is 5.78. The Bertz CT molecular complexity index is 729. The molecule has 8 nitrogen and oxygen atoms in total. The molecule has 2 aliphatic heterocycles. The molecule has 0 atom stereocenters. The van der Waals surface area contributed by atoms with E-state index in [-0.39, 0.29) is 17.7 Å². The number of carboxylic acid groups (broad SMARTS) is 1. The molecule has 9 heteroatoms. The summed E-state index contributed by atoms with van der Waals surface area (Å²) in [6, 6.07) is 0.638. The van der Waals surface area contributed by atoms with Gasteiger partial charge in [0.05, 0.1) is 12.1 Å². The predicted octanol–water partition coefficient (Wildman–Crippen LogP) is 2.31. The van der Waals surface area contributed by atoms with Crippen molar-refractivity contribution in [2.45, 2.75) is 51.5 Å². The second-order valence-electron chi connectivity index (χ2n) is 9.10. The van der Waals surface area contributed by atoms with Crippen molar-refractivity contribution in [2.24, 2.45) is 0 Å². The van der Waals surface area contributed by atoms with Crippen LogP contribution in [0.2, 0.25) is 0 Å². The van der Waals surface area contributed by atoms with Crippen molar-refractivity contribution in [1.82, 2.24) is 19.7 Å². The van der Waals surface area contributed by atoms with Crippen molar-refractivity contribution in [3.63, 3.8) is 0 Å². The molecule has 3 heterocycles. The number of anilines is 1. The van der Waals surface area contributed by atoms with E-state index in [0.717, 1.165) is 44.1 Å². The maximum absolute atomic E-state index is 12.9. The number of rotatable bonds is 4. The molecule has 0 aliphatic carbocycles. The lowest BCUT2D eigenvalue weighted by molar-refractivity contribution is -0.132. The molecule has 1 aromatic rings. The summed E-state index contributed by atoms with van der Waals surface area (Å²) in [7, 11) is 2.18. The van der Waals surface area contributed by atoms with Crippen molar-refractivity contribution in [3.05, 3.63) is 10.6 Å². The van der Waals surface area contributed by atoms with E-state index in [1.54, 1.807) is 0 Å². The molecule has 2 saturated heterocycles. The summed E-state index contributed by atoms with van der Waals surface area (Å²) in [5.74, 6) is 0.0747. The number of hydrogen-bond donors (Lipinski definition) is 2. The van der Waals surface area contributed by atoms with Crippen molar-refractivity contribution >= 4 is 28.5 Å². The Kier molecular flexibility index (Phi) is 6.80. The Morgan fingerprint density at radius 3 is 2.31 bits per heavy atom. The normalized spacial score (nSPS) is 20.1. The zero-order valence-electron chi connectivity index (χ0n) is 17.9. The van der Waals surface area contributed by atoms with Gasteiger partial charge in [-0.3, -0.25) is 15.0 Å². The molecule has 162 valence electrons.